The Bertz CT molecular complexity index is 1450. The minimum atomic E-state index is -3.88. The van der Waals surface area contributed by atoms with Crippen molar-refractivity contribution in [1.82, 2.24) is 8.87 Å². The lowest BCUT2D eigenvalue weighted by atomic mass is 9.99. The van der Waals surface area contributed by atoms with Crippen LogP contribution in [-0.4, -0.2) is 56.0 Å². The van der Waals surface area contributed by atoms with E-state index in [0.29, 0.717) is 35.5 Å². The van der Waals surface area contributed by atoms with Gasteiger partial charge in [-0.25, -0.2) is 12.8 Å². The predicted molar refractivity (Wildman–Crippen MR) is 131 cm³/mol. The highest BCUT2D eigenvalue weighted by Gasteiger charge is 2.33. The van der Waals surface area contributed by atoms with Crippen molar-refractivity contribution in [2.45, 2.75) is 31.2 Å². The Kier molecular flexibility index (Phi) is 7.86. The number of thiazole rings is 1. The van der Waals surface area contributed by atoms with Crippen LogP contribution in [0.25, 0.3) is 10.2 Å². The zero-order chi connectivity index (χ0) is 25.9. The third-order valence-electron chi connectivity index (χ3n) is 5.87. The fourth-order valence-electron chi connectivity index (χ4n) is 4.05. The molecule has 4 rings (SSSR count). The van der Waals surface area contributed by atoms with E-state index in [-0.39, 0.29) is 24.5 Å². The highest BCUT2D eigenvalue weighted by atomic mass is 32.2. The molecule has 2 heterocycles. The Morgan fingerprint density at radius 3 is 2.64 bits per heavy atom. The molecule has 3 aromatic rings. The van der Waals surface area contributed by atoms with Gasteiger partial charge >= 0.3 is 5.97 Å². The molecule has 9 nitrogen and oxygen atoms in total. The maximum Gasteiger partial charge on any atom is 0.325 e. The van der Waals surface area contributed by atoms with Gasteiger partial charge in [0.05, 0.1) is 34.7 Å². The number of halogens is 1. The SMILES string of the molecule is CCOc1ccc2c(c1)sc(=NC(=O)C1CCCN(S(=O)(=O)c3ccc(F)cc3)C1)n2CC(=O)OC. The molecular weight excluding hydrogens is 509 g/mol. The van der Waals surface area contributed by atoms with Crippen LogP contribution in [0.1, 0.15) is 19.8 Å². The normalized spacial score (nSPS) is 17.3. The number of methoxy groups -OCH3 is 1. The third kappa shape index (κ3) is 5.50. The molecule has 1 unspecified atom stereocenters. The van der Waals surface area contributed by atoms with E-state index in [0.717, 1.165) is 16.8 Å². The van der Waals surface area contributed by atoms with Crippen molar-refractivity contribution in [3.63, 3.8) is 0 Å². The topological polar surface area (TPSA) is 107 Å². The maximum atomic E-state index is 13.3. The summed E-state index contributed by atoms with van der Waals surface area (Å²) in [6.45, 7) is 2.46. The summed E-state index contributed by atoms with van der Waals surface area (Å²) in [5, 5.41) is 0. The molecular formula is C24H26FN3O6S2. The van der Waals surface area contributed by atoms with Gasteiger partial charge in [0.15, 0.2) is 4.80 Å². The minimum Gasteiger partial charge on any atom is -0.494 e. The number of carbonyl (C=O) groups excluding carboxylic acids is 2. The van der Waals surface area contributed by atoms with Crippen LogP contribution in [0.2, 0.25) is 0 Å². The van der Waals surface area contributed by atoms with E-state index in [2.05, 4.69) is 4.99 Å². The largest absolute Gasteiger partial charge is 0.494 e. The highest BCUT2D eigenvalue weighted by molar-refractivity contribution is 7.89. The molecule has 1 atom stereocenters. The van der Waals surface area contributed by atoms with Gasteiger partial charge < -0.3 is 14.0 Å². The van der Waals surface area contributed by atoms with Crippen LogP contribution < -0.4 is 9.54 Å². The molecule has 36 heavy (non-hydrogen) atoms. The molecule has 1 fully saturated rings. The molecule has 1 amide bonds. The van der Waals surface area contributed by atoms with Gasteiger partial charge in [-0.3, -0.25) is 9.59 Å². The monoisotopic (exact) mass is 535 g/mol. The van der Waals surface area contributed by atoms with Crippen LogP contribution in [0.4, 0.5) is 4.39 Å². The second kappa shape index (κ2) is 10.9. The molecule has 192 valence electrons. The molecule has 0 radical (unpaired) electrons. The Hall–Kier alpha value is -3.09. The highest BCUT2D eigenvalue weighted by Crippen LogP contribution is 2.26. The first-order chi connectivity index (χ1) is 17.2. The molecule has 0 spiro atoms. The van der Waals surface area contributed by atoms with E-state index >= 15 is 0 Å². The van der Waals surface area contributed by atoms with Gasteiger partial charge in [-0.15, -0.1) is 0 Å². The Morgan fingerprint density at radius 2 is 1.94 bits per heavy atom. The minimum absolute atomic E-state index is 0.0283. The van der Waals surface area contributed by atoms with Crippen molar-refractivity contribution < 1.29 is 31.9 Å². The summed E-state index contributed by atoms with van der Waals surface area (Å²) >= 11 is 1.23. The van der Waals surface area contributed by atoms with Gasteiger partial charge in [0.25, 0.3) is 5.91 Å². The second-order valence-corrected chi connectivity index (χ2v) is 11.2. The second-order valence-electron chi connectivity index (χ2n) is 8.22. The lowest BCUT2D eigenvalue weighted by molar-refractivity contribution is -0.141. The summed E-state index contributed by atoms with van der Waals surface area (Å²) < 4.78 is 53.3. The van der Waals surface area contributed by atoms with Gasteiger partial charge in [-0.1, -0.05) is 11.3 Å². The summed E-state index contributed by atoms with van der Waals surface area (Å²) in [6.07, 6.45) is 0.965. The number of carbonyl (C=O) groups is 2. The number of piperidine rings is 1. The van der Waals surface area contributed by atoms with Crippen LogP contribution in [0, 0.1) is 11.7 Å². The van der Waals surface area contributed by atoms with E-state index < -0.39 is 33.6 Å². The predicted octanol–water partition coefficient (Wildman–Crippen LogP) is 2.94. The molecule has 1 saturated heterocycles. The molecule has 0 N–H and O–H groups in total. The van der Waals surface area contributed by atoms with Crippen molar-refractivity contribution in [3.8, 4) is 5.75 Å². The van der Waals surface area contributed by atoms with E-state index in [1.54, 1.807) is 16.7 Å². The van der Waals surface area contributed by atoms with Crippen LogP contribution in [0.15, 0.2) is 52.4 Å². The smallest absolute Gasteiger partial charge is 0.325 e. The Morgan fingerprint density at radius 1 is 1.19 bits per heavy atom. The number of nitrogens with zero attached hydrogens (tertiary/aromatic N) is 3. The number of hydrogen-bond acceptors (Lipinski definition) is 7. The number of rotatable bonds is 7. The number of sulfonamides is 1. The number of fused-ring (bicyclic) bond motifs is 1. The van der Waals surface area contributed by atoms with Gasteiger partial charge in [0, 0.05) is 13.1 Å². The Labute approximate surface area is 211 Å². The van der Waals surface area contributed by atoms with Crippen LogP contribution in [0.3, 0.4) is 0 Å². The first-order valence-corrected chi connectivity index (χ1v) is 13.7. The van der Waals surface area contributed by atoms with Crippen LogP contribution in [-0.2, 0) is 30.9 Å². The van der Waals surface area contributed by atoms with Crippen molar-refractivity contribution >= 4 is 43.5 Å². The van der Waals surface area contributed by atoms with Gasteiger partial charge in [0.1, 0.15) is 18.1 Å². The van der Waals surface area contributed by atoms with Crippen LogP contribution in [0.5, 0.6) is 5.75 Å². The molecule has 1 aromatic heterocycles. The van der Waals surface area contributed by atoms with Crippen molar-refractivity contribution in [2.75, 3.05) is 26.8 Å². The van der Waals surface area contributed by atoms with E-state index in [1.807, 2.05) is 13.0 Å². The van der Waals surface area contributed by atoms with E-state index in [1.165, 1.54) is 34.9 Å². The van der Waals surface area contributed by atoms with E-state index in [4.69, 9.17) is 9.47 Å². The molecule has 1 aliphatic heterocycles. The maximum absolute atomic E-state index is 13.3. The first-order valence-electron chi connectivity index (χ1n) is 11.4. The number of amides is 1. The average molecular weight is 536 g/mol. The van der Waals surface area contributed by atoms with Gasteiger partial charge in [-0.2, -0.15) is 9.30 Å². The summed E-state index contributed by atoms with van der Waals surface area (Å²) in [4.78, 5) is 29.8. The van der Waals surface area contributed by atoms with Crippen molar-refractivity contribution in [2.24, 2.45) is 10.9 Å². The number of benzene rings is 2. The molecule has 0 bridgehead atoms. The standard InChI is InChI=1S/C24H26FN3O6S2/c1-3-34-18-8-11-20-21(13-18)35-24(28(20)15-22(29)33-2)26-23(30)16-5-4-12-27(14-16)36(31,32)19-9-6-17(25)7-10-19/h6-11,13,16H,3-5,12,14-15H2,1-2H3. The van der Waals surface area contributed by atoms with Crippen molar-refractivity contribution in [3.05, 3.63) is 53.1 Å². The Balaban J connectivity index is 1.64. The quantitative estimate of drug-likeness (QED) is 0.431. The average Bonchev–Trinajstić information content (AvgIpc) is 3.20. The summed E-state index contributed by atoms with van der Waals surface area (Å²) in [7, 11) is -2.60. The number of ether oxygens (including phenoxy) is 2. The van der Waals surface area contributed by atoms with Crippen LogP contribution >= 0.6 is 11.3 Å². The first kappa shape index (κ1) is 26.0. The van der Waals surface area contributed by atoms with Gasteiger partial charge in [-0.05, 0) is 62.2 Å². The zero-order valence-corrected chi connectivity index (χ0v) is 21.5. The van der Waals surface area contributed by atoms with E-state index in [9.17, 15) is 22.4 Å². The lowest BCUT2D eigenvalue weighted by Gasteiger charge is -2.30. The summed E-state index contributed by atoms with van der Waals surface area (Å²) in [5.74, 6) is -1.49. The van der Waals surface area contributed by atoms with Gasteiger partial charge in [0.2, 0.25) is 10.0 Å². The summed E-state index contributed by atoms with van der Waals surface area (Å²) in [6, 6.07) is 9.99. The fourth-order valence-corrected chi connectivity index (χ4v) is 6.63. The molecule has 12 heteroatoms. The molecule has 1 aliphatic rings. The third-order valence-corrected chi connectivity index (χ3v) is 8.79. The molecule has 0 aliphatic carbocycles. The number of aromatic nitrogens is 1. The zero-order valence-electron chi connectivity index (χ0n) is 19.8. The number of hydrogen-bond donors (Lipinski definition) is 0. The fraction of sp³-hybridized carbons (Fsp3) is 0.375. The number of esters is 1. The molecule has 0 saturated carbocycles. The summed E-state index contributed by atoms with van der Waals surface area (Å²) in [5.41, 5.74) is 0.699. The lowest BCUT2D eigenvalue weighted by Crippen LogP contribution is -2.42. The molecule has 2 aromatic carbocycles. The van der Waals surface area contributed by atoms with Crippen molar-refractivity contribution in [1.29, 1.82) is 0 Å².